The number of quaternary nitrogens is 1. The molecule has 1 rings (SSSR count). The Morgan fingerprint density at radius 2 is 2.00 bits per heavy atom. The van der Waals surface area contributed by atoms with Crippen LogP contribution in [0.25, 0.3) is 0 Å². The molecule has 0 aromatic rings. The molecule has 0 fully saturated rings. The van der Waals surface area contributed by atoms with Crippen LogP contribution in [0.5, 0.6) is 0 Å². The van der Waals surface area contributed by atoms with Gasteiger partial charge in [0, 0.05) is 0 Å². The van der Waals surface area contributed by atoms with Crippen molar-refractivity contribution < 1.29 is 16.9 Å². The molecule has 0 bridgehead atoms. The molecule has 0 saturated heterocycles. The van der Waals surface area contributed by atoms with Crippen LogP contribution < -0.4 is 12.4 Å². The zero-order valence-electron chi connectivity index (χ0n) is 8.54. The van der Waals surface area contributed by atoms with E-state index in [1.165, 1.54) is 32.2 Å². The van der Waals surface area contributed by atoms with Gasteiger partial charge in [-0.15, -0.1) is 0 Å². The van der Waals surface area contributed by atoms with Crippen LogP contribution in [0.15, 0.2) is 17.4 Å². The third-order valence-corrected chi connectivity index (χ3v) is 2.32. The van der Waals surface area contributed by atoms with E-state index < -0.39 is 0 Å². The van der Waals surface area contributed by atoms with Crippen molar-refractivity contribution >= 4 is 6.34 Å². The number of hydrogen-bond acceptors (Lipinski definition) is 1. The van der Waals surface area contributed by atoms with Crippen molar-refractivity contribution in [3.05, 3.63) is 12.4 Å². The van der Waals surface area contributed by atoms with Gasteiger partial charge in [0.25, 0.3) is 0 Å². The Hall–Kier alpha value is -0.340. The molecule has 1 heterocycles. The van der Waals surface area contributed by atoms with Crippen molar-refractivity contribution in [2.24, 2.45) is 4.99 Å². The highest BCUT2D eigenvalue weighted by Gasteiger charge is 2.17. The number of hydrogen-bond donors (Lipinski definition) is 0. The maximum Gasteiger partial charge on any atom is 0.194 e. The fourth-order valence-corrected chi connectivity index (χ4v) is 1.43. The molecule has 76 valence electrons. The second kappa shape index (κ2) is 6.17. The maximum atomic E-state index is 4.10. The van der Waals surface area contributed by atoms with Crippen molar-refractivity contribution in [2.75, 3.05) is 13.6 Å². The molecule has 0 aromatic heterocycles. The van der Waals surface area contributed by atoms with E-state index in [4.69, 9.17) is 0 Å². The van der Waals surface area contributed by atoms with Gasteiger partial charge in [-0.2, -0.15) is 0 Å². The molecule has 3 heteroatoms. The van der Waals surface area contributed by atoms with Crippen LogP contribution in [0.3, 0.4) is 0 Å². The largest absolute Gasteiger partial charge is 1.00 e. The van der Waals surface area contributed by atoms with Crippen LogP contribution in [-0.2, 0) is 0 Å². The number of nitrogens with zero attached hydrogens (tertiary/aromatic N) is 2. The van der Waals surface area contributed by atoms with Crippen LogP contribution in [0, 0.1) is 0 Å². The minimum atomic E-state index is 0. The lowest BCUT2D eigenvalue weighted by Gasteiger charge is -2.21. The SMILES string of the molecule is CCCCCC[N+]1(C)C=CN=C1.[Cl-]. The van der Waals surface area contributed by atoms with Crippen LogP contribution >= 0.6 is 0 Å². The number of unbranched alkanes of at least 4 members (excludes halogenated alkanes) is 3. The first-order valence-electron chi connectivity index (χ1n) is 4.84. The molecule has 1 atom stereocenters. The van der Waals surface area contributed by atoms with Gasteiger partial charge in [-0.3, -0.25) is 4.48 Å². The van der Waals surface area contributed by atoms with Crippen molar-refractivity contribution in [2.45, 2.75) is 32.6 Å². The van der Waals surface area contributed by atoms with Gasteiger partial charge in [-0.1, -0.05) is 19.8 Å². The summed E-state index contributed by atoms with van der Waals surface area (Å²) in [5.41, 5.74) is 0. The summed E-state index contributed by atoms with van der Waals surface area (Å²) in [6.07, 6.45) is 11.4. The quantitative estimate of drug-likeness (QED) is 0.423. The summed E-state index contributed by atoms with van der Waals surface area (Å²) in [4.78, 5) is 4.10. The predicted octanol–water partition coefficient (Wildman–Crippen LogP) is -0.470. The summed E-state index contributed by atoms with van der Waals surface area (Å²) >= 11 is 0. The second-order valence-corrected chi connectivity index (χ2v) is 3.69. The lowest BCUT2D eigenvalue weighted by Crippen LogP contribution is -3.00. The van der Waals surface area contributed by atoms with E-state index in [2.05, 4.69) is 25.2 Å². The molecule has 0 N–H and O–H groups in total. The van der Waals surface area contributed by atoms with E-state index in [1.54, 1.807) is 0 Å². The number of aliphatic imine (C=N–C) groups is 1. The van der Waals surface area contributed by atoms with Crippen LogP contribution in [-0.4, -0.2) is 24.4 Å². The van der Waals surface area contributed by atoms with Crippen molar-refractivity contribution in [1.82, 2.24) is 0 Å². The number of halogens is 1. The highest BCUT2D eigenvalue weighted by molar-refractivity contribution is 5.50. The molecule has 0 amide bonds. The molecule has 1 unspecified atom stereocenters. The Kier molecular flexibility index (Phi) is 6.00. The van der Waals surface area contributed by atoms with Crippen molar-refractivity contribution in [3.63, 3.8) is 0 Å². The molecule has 13 heavy (non-hydrogen) atoms. The minimum Gasteiger partial charge on any atom is -1.00 e. The Labute approximate surface area is 87.3 Å². The smallest absolute Gasteiger partial charge is 0.194 e. The highest BCUT2D eigenvalue weighted by atomic mass is 35.5. The normalized spacial score (nSPS) is 24.8. The van der Waals surface area contributed by atoms with E-state index in [1.807, 2.05) is 12.5 Å². The minimum absolute atomic E-state index is 0. The van der Waals surface area contributed by atoms with Gasteiger partial charge in [0.15, 0.2) is 6.34 Å². The predicted molar refractivity (Wildman–Crippen MR) is 52.8 cm³/mol. The van der Waals surface area contributed by atoms with Crippen molar-refractivity contribution in [3.8, 4) is 0 Å². The van der Waals surface area contributed by atoms with Gasteiger partial charge in [-0.05, 0) is 12.8 Å². The first kappa shape index (κ1) is 12.7. The fraction of sp³-hybridized carbons (Fsp3) is 0.700. The third kappa shape index (κ3) is 4.44. The molecule has 1 aliphatic rings. The Balaban J connectivity index is 0.00000144. The van der Waals surface area contributed by atoms with E-state index >= 15 is 0 Å². The van der Waals surface area contributed by atoms with Crippen LogP contribution in [0.1, 0.15) is 32.6 Å². The van der Waals surface area contributed by atoms with Gasteiger partial charge in [0.05, 0.1) is 19.8 Å². The maximum absolute atomic E-state index is 4.10. The zero-order chi connectivity index (χ0) is 8.86. The zero-order valence-corrected chi connectivity index (χ0v) is 9.30. The third-order valence-electron chi connectivity index (χ3n) is 2.32. The van der Waals surface area contributed by atoms with E-state index in [9.17, 15) is 0 Å². The summed E-state index contributed by atoms with van der Waals surface area (Å²) in [6, 6.07) is 0. The average molecular weight is 203 g/mol. The monoisotopic (exact) mass is 202 g/mol. The summed E-state index contributed by atoms with van der Waals surface area (Å²) in [6.45, 7) is 3.44. The fourth-order valence-electron chi connectivity index (χ4n) is 1.43. The van der Waals surface area contributed by atoms with Crippen LogP contribution in [0.2, 0.25) is 0 Å². The van der Waals surface area contributed by atoms with Crippen molar-refractivity contribution in [1.29, 1.82) is 0 Å². The number of rotatable bonds is 5. The average Bonchev–Trinajstić information content (AvgIpc) is 2.47. The molecule has 0 radical (unpaired) electrons. The molecule has 0 aliphatic carbocycles. The van der Waals surface area contributed by atoms with E-state index in [0.29, 0.717) is 0 Å². The lowest BCUT2D eigenvalue weighted by atomic mass is 10.2. The Bertz CT molecular complexity index is 175. The lowest BCUT2D eigenvalue weighted by molar-refractivity contribution is -0.756. The van der Waals surface area contributed by atoms with Gasteiger partial charge in [-0.25, -0.2) is 4.99 Å². The molecule has 1 aliphatic heterocycles. The van der Waals surface area contributed by atoms with Gasteiger partial charge in [0.2, 0.25) is 0 Å². The Morgan fingerprint density at radius 1 is 1.23 bits per heavy atom. The molecule has 0 aromatic carbocycles. The molecular weight excluding hydrogens is 184 g/mol. The summed E-state index contributed by atoms with van der Waals surface area (Å²) < 4.78 is 0.893. The first-order chi connectivity index (χ1) is 5.77. The summed E-state index contributed by atoms with van der Waals surface area (Å²) in [5.74, 6) is 0. The second-order valence-electron chi connectivity index (χ2n) is 3.69. The van der Waals surface area contributed by atoms with E-state index in [-0.39, 0.29) is 12.4 Å². The topological polar surface area (TPSA) is 12.4 Å². The highest BCUT2D eigenvalue weighted by Crippen LogP contribution is 2.10. The van der Waals surface area contributed by atoms with Gasteiger partial charge >= 0.3 is 0 Å². The Morgan fingerprint density at radius 3 is 2.54 bits per heavy atom. The first-order valence-corrected chi connectivity index (χ1v) is 4.84. The van der Waals surface area contributed by atoms with Crippen LogP contribution in [0.4, 0.5) is 0 Å². The van der Waals surface area contributed by atoms with Gasteiger partial charge < -0.3 is 12.4 Å². The standard InChI is InChI=1S/C10H19N2.ClH/c1-3-4-5-6-8-12(2)9-7-11-10-12;/h7,9-10H,3-6,8H2,1-2H3;1H/q+1;/p-1. The molecule has 2 nitrogen and oxygen atoms in total. The van der Waals surface area contributed by atoms with E-state index in [0.717, 1.165) is 4.48 Å². The molecular formula is C10H19ClN2. The molecule has 0 saturated carbocycles. The molecule has 0 spiro atoms. The summed E-state index contributed by atoms with van der Waals surface area (Å²) in [5, 5.41) is 0. The summed E-state index contributed by atoms with van der Waals surface area (Å²) in [7, 11) is 2.19. The van der Waals surface area contributed by atoms with Gasteiger partial charge in [0.1, 0.15) is 6.20 Å².